The Morgan fingerprint density at radius 2 is 1.86 bits per heavy atom. The highest BCUT2D eigenvalue weighted by molar-refractivity contribution is 7.10. The summed E-state index contributed by atoms with van der Waals surface area (Å²) in [5, 5.41) is 13.9. The summed E-state index contributed by atoms with van der Waals surface area (Å²) in [6, 6.07) is 11.6. The van der Waals surface area contributed by atoms with Crippen molar-refractivity contribution in [2.75, 3.05) is 12.0 Å². The fourth-order valence-corrected chi connectivity index (χ4v) is 5.62. The number of thiophene rings is 1. The lowest BCUT2D eigenvalue weighted by Gasteiger charge is -2.27. The molecule has 1 amide bonds. The van der Waals surface area contributed by atoms with Crippen molar-refractivity contribution >= 4 is 51.3 Å². The zero-order valence-corrected chi connectivity index (χ0v) is 21.1. The van der Waals surface area contributed by atoms with Gasteiger partial charge in [-0.15, -0.1) is 11.3 Å². The van der Waals surface area contributed by atoms with Crippen LogP contribution in [-0.2, 0) is 4.79 Å². The highest BCUT2D eigenvalue weighted by Crippen LogP contribution is 2.45. The summed E-state index contributed by atoms with van der Waals surface area (Å²) < 4.78 is 11.2. The number of aryl methyl sites for hydroxylation is 3. The number of amides is 1. The van der Waals surface area contributed by atoms with Gasteiger partial charge >= 0.3 is 0 Å². The predicted octanol–water partition coefficient (Wildman–Crippen LogP) is 6.86. The Morgan fingerprint density at radius 3 is 2.51 bits per heavy atom. The van der Waals surface area contributed by atoms with Gasteiger partial charge < -0.3 is 14.3 Å². The average Bonchev–Trinajstić information content (AvgIpc) is 3.51. The van der Waals surface area contributed by atoms with Crippen molar-refractivity contribution in [2.24, 2.45) is 0 Å². The van der Waals surface area contributed by atoms with Crippen molar-refractivity contribution in [2.45, 2.75) is 26.8 Å². The first-order valence-corrected chi connectivity index (χ1v) is 12.2. The second-order valence-corrected chi connectivity index (χ2v) is 9.93. The Morgan fingerprint density at radius 1 is 1.09 bits per heavy atom. The summed E-state index contributed by atoms with van der Waals surface area (Å²) in [5.74, 6) is -1.43. The number of benzene rings is 2. The summed E-state index contributed by atoms with van der Waals surface area (Å²) >= 11 is 7.60. The van der Waals surface area contributed by atoms with Crippen LogP contribution in [0, 0.1) is 20.8 Å². The maximum absolute atomic E-state index is 13.8. The van der Waals surface area contributed by atoms with E-state index < -0.39 is 23.5 Å². The molecule has 0 spiro atoms. The van der Waals surface area contributed by atoms with E-state index in [4.69, 9.17) is 20.8 Å². The maximum atomic E-state index is 13.8. The smallest absolute Gasteiger partial charge is 0.294 e. The summed E-state index contributed by atoms with van der Waals surface area (Å²) in [5.41, 5.74) is 3.93. The van der Waals surface area contributed by atoms with Crippen molar-refractivity contribution in [1.29, 1.82) is 0 Å². The molecule has 6 nitrogen and oxygen atoms in total. The average molecular weight is 508 g/mol. The van der Waals surface area contributed by atoms with E-state index in [1.807, 2.05) is 50.4 Å². The third-order valence-corrected chi connectivity index (χ3v) is 7.65. The zero-order chi connectivity index (χ0) is 25.0. The van der Waals surface area contributed by atoms with Crippen LogP contribution in [0.1, 0.15) is 38.2 Å². The zero-order valence-electron chi connectivity index (χ0n) is 19.5. The number of fused-ring (bicyclic) bond motifs is 1. The monoisotopic (exact) mass is 507 g/mol. The second kappa shape index (κ2) is 8.59. The SMILES string of the molecule is COc1cc(Cl)cc2cc(C(=O)C3=C(O)C(=O)N(c4ccc(C)c(C)c4)C3c3sccc3C)oc12. The predicted molar refractivity (Wildman–Crippen MR) is 137 cm³/mol. The molecule has 0 saturated carbocycles. The van der Waals surface area contributed by atoms with E-state index in [2.05, 4.69) is 0 Å². The molecule has 1 aliphatic heterocycles. The lowest BCUT2D eigenvalue weighted by molar-refractivity contribution is -0.117. The molecule has 0 aliphatic carbocycles. The van der Waals surface area contributed by atoms with Gasteiger partial charge in [-0.05, 0) is 73.2 Å². The molecule has 3 heterocycles. The molecule has 1 aliphatic rings. The number of nitrogens with zero attached hydrogens (tertiary/aromatic N) is 1. The van der Waals surface area contributed by atoms with Gasteiger partial charge in [0.1, 0.15) is 6.04 Å². The van der Waals surface area contributed by atoms with Gasteiger partial charge in [-0.3, -0.25) is 14.5 Å². The molecular formula is C27H22ClNO5S. The van der Waals surface area contributed by atoms with Gasteiger partial charge in [0.05, 0.1) is 12.7 Å². The van der Waals surface area contributed by atoms with E-state index in [1.165, 1.54) is 23.3 Å². The molecular weight excluding hydrogens is 486 g/mol. The van der Waals surface area contributed by atoms with E-state index in [0.717, 1.165) is 21.6 Å². The molecule has 0 radical (unpaired) electrons. The van der Waals surface area contributed by atoms with Crippen LogP contribution in [-0.4, -0.2) is 23.9 Å². The Bertz CT molecular complexity index is 1550. The summed E-state index contributed by atoms with van der Waals surface area (Å²) in [4.78, 5) is 29.5. The summed E-state index contributed by atoms with van der Waals surface area (Å²) in [6.07, 6.45) is 0. The van der Waals surface area contributed by atoms with Gasteiger partial charge in [-0.2, -0.15) is 0 Å². The number of carbonyl (C=O) groups is 2. The Labute approximate surface area is 211 Å². The van der Waals surface area contributed by atoms with Gasteiger partial charge in [-0.1, -0.05) is 17.7 Å². The molecule has 178 valence electrons. The van der Waals surface area contributed by atoms with Gasteiger partial charge in [0.2, 0.25) is 5.78 Å². The Balaban J connectivity index is 1.67. The van der Waals surface area contributed by atoms with Crippen LogP contribution in [0.25, 0.3) is 11.0 Å². The highest BCUT2D eigenvalue weighted by Gasteiger charge is 2.46. The molecule has 2 aromatic carbocycles. The van der Waals surface area contributed by atoms with Crippen molar-refractivity contribution in [3.8, 4) is 5.75 Å². The number of ether oxygens (including phenoxy) is 1. The first-order valence-electron chi connectivity index (χ1n) is 10.9. The first kappa shape index (κ1) is 23.2. The fraction of sp³-hybridized carbons (Fsp3) is 0.185. The Hall–Kier alpha value is -3.55. The number of hydrogen-bond acceptors (Lipinski definition) is 6. The number of ketones is 1. The van der Waals surface area contributed by atoms with Crippen LogP contribution < -0.4 is 9.64 Å². The van der Waals surface area contributed by atoms with Crippen molar-refractivity contribution < 1.29 is 23.8 Å². The van der Waals surface area contributed by atoms with Gasteiger partial charge in [-0.25, -0.2) is 0 Å². The Kier molecular flexibility index (Phi) is 5.69. The molecule has 5 rings (SSSR count). The largest absolute Gasteiger partial charge is 0.503 e. The van der Waals surface area contributed by atoms with Crippen molar-refractivity contribution in [3.05, 3.63) is 91.5 Å². The molecule has 1 N–H and O–H groups in total. The number of aliphatic hydroxyl groups excluding tert-OH is 1. The molecule has 8 heteroatoms. The number of hydrogen-bond donors (Lipinski definition) is 1. The van der Waals surface area contributed by atoms with E-state index >= 15 is 0 Å². The molecule has 1 atom stereocenters. The standard InChI is InChI=1S/C27H22ClNO5S/c1-13-5-6-18(9-15(13)3)29-22(26-14(2)7-8-35-26)21(24(31)27(29)32)23(30)19-11-16-10-17(28)12-20(33-4)25(16)34-19/h5-12,22,31H,1-4H3. The minimum absolute atomic E-state index is 0.0175. The minimum Gasteiger partial charge on any atom is -0.503 e. The number of Topliss-reactive ketones (excluding diaryl/α,β-unsaturated/α-hetero) is 1. The lowest BCUT2D eigenvalue weighted by atomic mass is 9.98. The molecule has 1 unspecified atom stereocenters. The third-order valence-electron chi connectivity index (χ3n) is 6.36. The maximum Gasteiger partial charge on any atom is 0.294 e. The normalized spacial score (nSPS) is 16.0. The molecule has 0 saturated heterocycles. The van der Waals surface area contributed by atoms with Crippen LogP contribution in [0.5, 0.6) is 5.75 Å². The van der Waals surface area contributed by atoms with E-state index in [-0.39, 0.29) is 11.3 Å². The van der Waals surface area contributed by atoms with Gasteiger partial charge in [0, 0.05) is 27.0 Å². The highest BCUT2D eigenvalue weighted by atomic mass is 35.5. The number of halogens is 1. The topological polar surface area (TPSA) is 80.0 Å². The van der Waals surface area contributed by atoms with Crippen LogP contribution in [0.3, 0.4) is 0 Å². The van der Waals surface area contributed by atoms with Crippen LogP contribution in [0.2, 0.25) is 5.02 Å². The molecule has 2 aromatic heterocycles. The molecule has 4 aromatic rings. The first-order chi connectivity index (χ1) is 16.7. The number of aliphatic hydroxyl groups is 1. The number of methoxy groups -OCH3 is 1. The van der Waals surface area contributed by atoms with Crippen molar-refractivity contribution in [1.82, 2.24) is 0 Å². The fourth-order valence-electron chi connectivity index (χ4n) is 4.37. The second-order valence-electron chi connectivity index (χ2n) is 8.54. The van der Waals surface area contributed by atoms with E-state index in [1.54, 1.807) is 18.2 Å². The minimum atomic E-state index is -0.796. The number of carbonyl (C=O) groups excluding carboxylic acids is 2. The number of rotatable bonds is 5. The van der Waals surface area contributed by atoms with Gasteiger partial charge in [0.15, 0.2) is 22.9 Å². The molecule has 0 bridgehead atoms. The van der Waals surface area contributed by atoms with Crippen molar-refractivity contribution in [3.63, 3.8) is 0 Å². The third kappa shape index (κ3) is 3.72. The number of anilines is 1. The summed E-state index contributed by atoms with van der Waals surface area (Å²) in [7, 11) is 1.48. The quantitative estimate of drug-likeness (QED) is 0.298. The van der Waals surface area contributed by atoms with E-state index in [9.17, 15) is 14.7 Å². The molecule has 0 fully saturated rings. The lowest BCUT2D eigenvalue weighted by Crippen LogP contribution is -2.31. The summed E-state index contributed by atoms with van der Waals surface area (Å²) in [6.45, 7) is 5.86. The van der Waals surface area contributed by atoms with Crippen LogP contribution in [0.15, 0.2) is 63.6 Å². The number of furan rings is 1. The molecule has 35 heavy (non-hydrogen) atoms. The van der Waals surface area contributed by atoms with Gasteiger partial charge in [0.25, 0.3) is 5.91 Å². The van der Waals surface area contributed by atoms with Crippen LogP contribution in [0.4, 0.5) is 5.69 Å². The van der Waals surface area contributed by atoms with Crippen LogP contribution >= 0.6 is 22.9 Å². The van der Waals surface area contributed by atoms with E-state index in [0.29, 0.717) is 27.4 Å².